The highest BCUT2D eigenvalue weighted by Crippen LogP contribution is 2.22. The van der Waals surface area contributed by atoms with Crippen molar-refractivity contribution < 1.29 is 4.79 Å². The molecular weight excluding hydrogens is 304 g/mol. The minimum atomic E-state index is -0.184. The number of hydrogen-bond donors (Lipinski definition) is 1. The smallest absolute Gasteiger partial charge is 0.244 e. The van der Waals surface area contributed by atoms with Gasteiger partial charge in [0.2, 0.25) is 5.91 Å². The van der Waals surface area contributed by atoms with Crippen LogP contribution in [0.25, 0.3) is 0 Å². The number of benzene rings is 1. The van der Waals surface area contributed by atoms with Crippen LogP contribution >= 0.6 is 15.9 Å². The van der Waals surface area contributed by atoms with E-state index in [0.29, 0.717) is 0 Å². The Hall–Kier alpha value is -1.03. The lowest BCUT2D eigenvalue weighted by Crippen LogP contribution is -2.41. The van der Waals surface area contributed by atoms with Gasteiger partial charge in [0, 0.05) is 23.2 Å². The summed E-state index contributed by atoms with van der Waals surface area (Å²) in [4.78, 5) is 14.4. The van der Waals surface area contributed by atoms with Crippen molar-refractivity contribution in [1.29, 1.82) is 0 Å². The number of hydrogen-bond acceptors (Lipinski definition) is 2. The lowest BCUT2D eigenvalue weighted by atomic mass is 10.2. The van der Waals surface area contributed by atoms with Crippen molar-refractivity contribution in [3.8, 4) is 0 Å². The van der Waals surface area contributed by atoms with Gasteiger partial charge in [-0.1, -0.05) is 25.0 Å². The summed E-state index contributed by atoms with van der Waals surface area (Å²) in [7, 11) is 0. The average molecular weight is 325 g/mol. The molecule has 1 heterocycles. The maximum absolute atomic E-state index is 12.4. The molecule has 1 amide bonds. The number of nitrogens with zero attached hydrogens (tertiary/aromatic N) is 1. The van der Waals surface area contributed by atoms with Gasteiger partial charge in [-0.05, 0) is 47.8 Å². The Morgan fingerprint density at radius 2 is 1.84 bits per heavy atom. The minimum Gasteiger partial charge on any atom is -0.373 e. The second kappa shape index (κ2) is 6.94. The first-order valence-corrected chi connectivity index (χ1v) is 7.77. The van der Waals surface area contributed by atoms with Gasteiger partial charge in [0.05, 0.1) is 0 Å². The number of para-hydroxylation sites is 1. The molecule has 3 nitrogen and oxygen atoms in total. The van der Waals surface area contributed by atoms with Crippen molar-refractivity contribution in [2.75, 3.05) is 18.4 Å². The van der Waals surface area contributed by atoms with E-state index >= 15 is 0 Å². The van der Waals surface area contributed by atoms with Gasteiger partial charge in [0.1, 0.15) is 6.04 Å². The fraction of sp³-hybridized carbons (Fsp3) is 0.533. The Kier molecular flexibility index (Phi) is 5.25. The van der Waals surface area contributed by atoms with Crippen LogP contribution in [0.5, 0.6) is 0 Å². The van der Waals surface area contributed by atoms with Gasteiger partial charge < -0.3 is 10.2 Å². The maximum Gasteiger partial charge on any atom is 0.244 e. The minimum absolute atomic E-state index is 0.184. The Bertz CT molecular complexity index is 428. The molecular formula is C15H21BrN2O. The third-order valence-electron chi connectivity index (χ3n) is 3.53. The number of likely N-dealkylation sites (tertiary alicyclic amines) is 1. The van der Waals surface area contributed by atoms with Gasteiger partial charge in [-0.3, -0.25) is 4.79 Å². The van der Waals surface area contributed by atoms with Crippen LogP contribution in [-0.2, 0) is 4.79 Å². The zero-order valence-electron chi connectivity index (χ0n) is 11.4. The van der Waals surface area contributed by atoms with Gasteiger partial charge in [-0.25, -0.2) is 0 Å². The van der Waals surface area contributed by atoms with E-state index < -0.39 is 0 Å². The van der Waals surface area contributed by atoms with E-state index in [9.17, 15) is 4.79 Å². The molecule has 2 rings (SSSR count). The SMILES string of the molecule is CC(Nc1ccccc1Br)C(=O)N1CCCCCC1. The second-order valence-electron chi connectivity index (χ2n) is 5.09. The molecule has 1 atom stereocenters. The fourth-order valence-corrected chi connectivity index (χ4v) is 2.84. The predicted octanol–water partition coefficient (Wildman–Crippen LogP) is 3.65. The van der Waals surface area contributed by atoms with Gasteiger partial charge >= 0.3 is 0 Å². The number of amides is 1. The van der Waals surface area contributed by atoms with Crippen molar-refractivity contribution in [2.45, 2.75) is 38.6 Å². The summed E-state index contributed by atoms with van der Waals surface area (Å²) in [5.74, 6) is 0.206. The van der Waals surface area contributed by atoms with Crippen LogP contribution in [0.4, 0.5) is 5.69 Å². The number of carbonyl (C=O) groups excluding carboxylic acids is 1. The topological polar surface area (TPSA) is 32.3 Å². The molecule has 0 aliphatic carbocycles. The predicted molar refractivity (Wildman–Crippen MR) is 82.3 cm³/mol. The van der Waals surface area contributed by atoms with E-state index in [1.807, 2.05) is 36.1 Å². The maximum atomic E-state index is 12.4. The van der Waals surface area contributed by atoms with E-state index in [1.165, 1.54) is 12.8 Å². The molecule has 104 valence electrons. The Morgan fingerprint density at radius 3 is 2.47 bits per heavy atom. The third kappa shape index (κ3) is 3.96. The van der Waals surface area contributed by atoms with Crippen molar-refractivity contribution in [3.63, 3.8) is 0 Å². The summed E-state index contributed by atoms with van der Waals surface area (Å²) in [6.45, 7) is 3.74. The molecule has 0 bridgehead atoms. The summed E-state index contributed by atoms with van der Waals surface area (Å²) in [5, 5.41) is 3.29. The molecule has 4 heteroatoms. The van der Waals surface area contributed by atoms with Gasteiger partial charge in [0.25, 0.3) is 0 Å². The van der Waals surface area contributed by atoms with E-state index in [0.717, 1.165) is 36.1 Å². The van der Waals surface area contributed by atoms with E-state index in [-0.39, 0.29) is 11.9 Å². The molecule has 1 unspecified atom stereocenters. The molecule has 0 radical (unpaired) electrons. The number of carbonyl (C=O) groups is 1. The van der Waals surface area contributed by atoms with Crippen molar-refractivity contribution in [3.05, 3.63) is 28.7 Å². The number of anilines is 1. The molecule has 1 aliphatic rings. The first-order valence-electron chi connectivity index (χ1n) is 6.98. The van der Waals surface area contributed by atoms with Crippen LogP contribution in [0.3, 0.4) is 0 Å². The standard InChI is InChI=1S/C15H21BrN2O/c1-12(17-14-9-5-4-8-13(14)16)15(19)18-10-6-2-3-7-11-18/h4-5,8-9,12,17H,2-3,6-7,10-11H2,1H3. The van der Waals surface area contributed by atoms with Crippen molar-refractivity contribution >= 4 is 27.5 Å². The molecule has 0 spiro atoms. The molecule has 1 aromatic carbocycles. The fourth-order valence-electron chi connectivity index (χ4n) is 2.44. The lowest BCUT2D eigenvalue weighted by molar-refractivity contribution is -0.131. The zero-order valence-corrected chi connectivity index (χ0v) is 12.9. The molecule has 1 fully saturated rings. The van der Waals surface area contributed by atoms with Gasteiger partial charge in [0.15, 0.2) is 0 Å². The highest BCUT2D eigenvalue weighted by Gasteiger charge is 2.21. The Labute approximate surface area is 123 Å². The number of halogens is 1. The van der Waals surface area contributed by atoms with Crippen molar-refractivity contribution in [2.24, 2.45) is 0 Å². The van der Waals surface area contributed by atoms with Gasteiger partial charge in [-0.2, -0.15) is 0 Å². The highest BCUT2D eigenvalue weighted by atomic mass is 79.9. The molecule has 1 aromatic rings. The summed E-state index contributed by atoms with van der Waals surface area (Å²) >= 11 is 3.50. The molecule has 1 aliphatic heterocycles. The molecule has 1 N–H and O–H groups in total. The average Bonchev–Trinajstić information content (AvgIpc) is 2.69. The van der Waals surface area contributed by atoms with E-state index in [2.05, 4.69) is 21.2 Å². The first kappa shape index (κ1) is 14.4. The highest BCUT2D eigenvalue weighted by molar-refractivity contribution is 9.10. The molecule has 1 saturated heterocycles. The summed E-state index contributed by atoms with van der Waals surface area (Å²) < 4.78 is 0.991. The normalized spacial score (nSPS) is 17.7. The van der Waals surface area contributed by atoms with Crippen molar-refractivity contribution in [1.82, 2.24) is 4.90 Å². The first-order chi connectivity index (χ1) is 9.18. The van der Waals surface area contributed by atoms with Crippen LogP contribution < -0.4 is 5.32 Å². The molecule has 0 saturated carbocycles. The number of rotatable bonds is 3. The largest absolute Gasteiger partial charge is 0.373 e. The molecule has 19 heavy (non-hydrogen) atoms. The zero-order chi connectivity index (χ0) is 13.7. The van der Waals surface area contributed by atoms with Gasteiger partial charge in [-0.15, -0.1) is 0 Å². The van der Waals surface area contributed by atoms with Crippen LogP contribution in [-0.4, -0.2) is 29.9 Å². The second-order valence-corrected chi connectivity index (χ2v) is 5.94. The van der Waals surface area contributed by atoms with E-state index in [1.54, 1.807) is 0 Å². The summed E-state index contributed by atoms with van der Waals surface area (Å²) in [6.07, 6.45) is 4.76. The quantitative estimate of drug-likeness (QED) is 0.920. The Balaban J connectivity index is 1.97. The van der Waals surface area contributed by atoms with Crippen LogP contribution in [0.15, 0.2) is 28.7 Å². The summed E-state index contributed by atoms with van der Waals surface area (Å²) in [6, 6.07) is 7.71. The third-order valence-corrected chi connectivity index (χ3v) is 4.23. The van der Waals surface area contributed by atoms with Crippen LogP contribution in [0, 0.1) is 0 Å². The summed E-state index contributed by atoms with van der Waals surface area (Å²) in [5.41, 5.74) is 0.971. The molecule has 0 aromatic heterocycles. The Morgan fingerprint density at radius 1 is 1.21 bits per heavy atom. The van der Waals surface area contributed by atoms with Crippen LogP contribution in [0.2, 0.25) is 0 Å². The van der Waals surface area contributed by atoms with Crippen LogP contribution in [0.1, 0.15) is 32.6 Å². The monoisotopic (exact) mass is 324 g/mol. The lowest BCUT2D eigenvalue weighted by Gasteiger charge is -2.25. The van der Waals surface area contributed by atoms with E-state index in [4.69, 9.17) is 0 Å². The number of nitrogens with one attached hydrogen (secondary N) is 1.